The van der Waals surface area contributed by atoms with Gasteiger partial charge in [0.25, 0.3) is 0 Å². The lowest BCUT2D eigenvalue weighted by atomic mass is 9.89. The molecule has 0 saturated heterocycles. The van der Waals surface area contributed by atoms with Crippen LogP contribution in [-0.2, 0) is 0 Å². The van der Waals surface area contributed by atoms with Crippen molar-refractivity contribution in [1.82, 2.24) is 5.32 Å². The minimum absolute atomic E-state index is 0.0717. The largest absolute Gasteiger partial charge is 0.392 e. The van der Waals surface area contributed by atoms with Gasteiger partial charge in [-0.3, -0.25) is 0 Å². The molecule has 0 radical (unpaired) electrons. The molecular formula is C15H24FNO2. The van der Waals surface area contributed by atoms with Gasteiger partial charge in [0.15, 0.2) is 0 Å². The van der Waals surface area contributed by atoms with E-state index >= 15 is 0 Å². The van der Waals surface area contributed by atoms with Crippen molar-refractivity contribution in [1.29, 1.82) is 0 Å². The van der Waals surface area contributed by atoms with Gasteiger partial charge in [-0.05, 0) is 29.5 Å². The SMILES string of the molecule is CC(C)(C)CC(O)CNCC(O)c1cccc(F)c1. The Kier molecular flexibility index (Phi) is 5.91. The summed E-state index contributed by atoms with van der Waals surface area (Å²) >= 11 is 0. The summed E-state index contributed by atoms with van der Waals surface area (Å²) in [6, 6.07) is 5.91. The maximum absolute atomic E-state index is 13.0. The summed E-state index contributed by atoms with van der Waals surface area (Å²) in [5.41, 5.74) is 0.611. The van der Waals surface area contributed by atoms with Gasteiger partial charge in [0.2, 0.25) is 0 Å². The van der Waals surface area contributed by atoms with Gasteiger partial charge < -0.3 is 15.5 Å². The van der Waals surface area contributed by atoms with Crippen LogP contribution in [-0.4, -0.2) is 29.4 Å². The van der Waals surface area contributed by atoms with Crippen molar-refractivity contribution in [3.63, 3.8) is 0 Å². The summed E-state index contributed by atoms with van der Waals surface area (Å²) in [6.45, 7) is 6.92. The van der Waals surface area contributed by atoms with Crippen LogP contribution >= 0.6 is 0 Å². The molecule has 2 atom stereocenters. The van der Waals surface area contributed by atoms with Gasteiger partial charge in [-0.2, -0.15) is 0 Å². The maximum Gasteiger partial charge on any atom is 0.123 e. The van der Waals surface area contributed by atoms with E-state index in [1.54, 1.807) is 12.1 Å². The fourth-order valence-electron chi connectivity index (χ4n) is 2.00. The molecule has 0 amide bonds. The molecule has 19 heavy (non-hydrogen) atoms. The summed E-state index contributed by atoms with van der Waals surface area (Å²) in [7, 11) is 0. The molecule has 4 heteroatoms. The number of rotatable bonds is 6. The number of aliphatic hydroxyl groups excluding tert-OH is 2. The van der Waals surface area contributed by atoms with E-state index in [0.29, 0.717) is 25.1 Å². The third-order valence-electron chi connectivity index (χ3n) is 2.80. The number of hydrogen-bond donors (Lipinski definition) is 3. The summed E-state index contributed by atoms with van der Waals surface area (Å²) in [4.78, 5) is 0. The van der Waals surface area contributed by atoms with Crippen LogP contribution in [0.15, 0.2) is 24.3 Å². The second kappa shape index (κ2) is 6.98. The monoisotopic (exact) mass is 269 g/mol. The van der Waals surface area contributed by atoms with E-state index in [0.717, 1.165) is 0 Å². The smallest absolute Gasteiger partial charge is 0.123 e. The maximum atomic E-state index is 13.0. The molecule has 2 unspecified atom stereocenters. The Morgan fingerprint density at radius 3 is 2.47 bits per heavy atom. The van der Waals surface area contributed by atoms with E-state index < -0.39 is 12.2 Å². The lowest BCUT2D eigenvalue weighted by Gasteiger charge is -2.23. The summed E-state index contributed by atoms with van der Waals surface area (Å²) in [6.07, 6.45) is -0.520. The fraction of sp³-hybridized carbons (Fsp3) is 0.600. The highest BCUT2D eigenvalue weighted by atomic mass is 19.1. The van der Waals surface area contributed by atoms with Crippen LogP contribution in [0, 0.1) is 11.2 Å². The number of aliphatic hydroxyl groups is 2. The Bertz CT molecular complexity index is 390. The molecule has 1 rings (SSSR count). The lowest BCUT2D eigenvalue weighted by Crippen LogP contribution is -2.32. The highest BCUT2D eigenvalue weighted by molar-refractivity contribution is 5.18. The van der Waals surface area contributed by atoms with Crippen LogP contribution in [0.1, 0.15) is 38.9 Å². The first-order valence-electron chi connectivity index (χ1n) is 6.60. The van der Waals surface area contributed by atoms with E-state index in [9.17, 15) is 14.6 Å². The molecule has 0 heterocycles. The van der Waals surface area contributed by atoms with Gasteiger partial charge in [0, 0.05) is 13.1 Å². The Morgan fingerprint density at radius 1 is 1.21 bits per heavy atom. The van der Waals surface area contributed by atoms with E-state index in [4.69, 9.17) is 0 Å². The van der Waals surface area contributed by atoms with Crippen molar-refractivity contribution in [3.05, 3.63) is 35.6 Å². The second-order valence-electron chi connectivity index (χ2n) is 6.15. The molecule has 0 bridgehead atoms. The van der Waals surface area contributed by atoms with Crippen LogP contribution < -0.4 is 5.32 Å². The zero-order valence-electron chi connectivity index (χ0n) is 11.9. The van der Waals surface area contributed by atoms with Crippen molar-refractivity contribution < 1.29 is 14.6 Å². The van der Waals surface area contributed by atoms with Gasteiger partial charge >= 0.3 is 0 Å². The number of nitrogens with one attached hydrogen (secondary N) is 1. The van der Waals surface area contributed by atoms with Crippen molar-refractivity contribution in [2.24, 2.45) is 5.41 Å². The number of hydrogen-bond acceptors (Lipinski definition) is 3. The Hall–Kier alpha value is -0.970. The third kappa shape index (κ3) is 6.66. The molecule has 0 aromatic heterocycles. The predicted octanol–water partition coefficient (Wildman–Crippen LogP) is 2.25. The molecule has 0 saturated carbocycles. The van der Waals surface area contributed by atoms with Crippen molar-refractivity contribution in [2.75, 3.05) is 13.1 Å². The van der Waals surface area contributed by atoms with E-state index in [1.165, 1.54) is 12.1 Å². The zero-order chi connectivity index (χ0) is 14.5. The second-order valence-corrected chi connectivity index (χ2v) is 6.15. The van der Waals surface area contributed by atoms with Crippen LogP contribution in [0.25, 0.3) is 0 Å². The first-order valence-corrected chi connectivity index (χ1v) is 6.60. The van der Waals surface area contributed by atoms with Crippen molar-refractivity contribution in [3.8, 4) is 0 Å². The van der Waals surface area contributed by atoms with Crippen LogP contribution in [0.2, 0.25) is 0 Å². The van der Waals surface area contributed by atoms with E-state index in [1.807, 2.05) is 0 Å². The molecule has 0 aliphatic heterocycles. The molecule has 0 aliphatic carbocycles. The molecule has 1 aromatic carbocycles. The Labute approximate surface area is 114 Å². The highest BCUT2D eigenvalue weighted by Crippen LogP contribution is 2.20. The number of benzene rings is 1. The standard InChI is InChI=1S/C15H24FNO2/c1-15(2,3)8-13(18)9-17-10-14(19)11-5-4-6-12(16)7-11/h4-7,13-14,17-19H,8-10H2,1-3H3. The van der Waals surface area contributed by atoms with Gasteiger partial charge in [0.05, 0.1) is 12.2 Å². The van der Waals surface area contributed by atoms with Gasteiger partial charge in [-0.25, -0.2) is 4.39 Å². The molecule has 0 fully saturated rings. The Morgan fingerprint density at radius 2 is 1.89 bits per heavy atom. The van der Waals surface area contributed by atoms with E-state index in [2.05, 4.69) is 26.1 Å². The molecule has 0 spiro atoms. The molecular weight excluding hydrogens is 245 g/mol. The number of halogens is 1. The minimum atomic E-state index is -0.766. The lowest BCUT2D eigenvalue weighted by molar-refractivity contribution is 0.111. The fourth-order valence-corrected chi connectivity index (χ4v) is 2.00. The summed E-state index contributed by atoms with van der Waals surface area (Å²) in [5.74, 6) is -0.357. The Balaban J connectivity index is 2.33. The molecule has 0 aliphatic rings. The van der Waals surface area contributed by atoms with Gasteiger partial charge in [-0.15, -0.1) is 0 Å². The zero-order valence-corrected chi connectivity index (χ0v) is 11.9. The van der Waals surface area contributed by atoms with Crippen molar-refractivity contribution >= 4 is 0 Å². The van der Waals surface area contributed by atoms with Crippen LogP contribution in [0.3, 0.4) is 0 Å². The van der Waals surface area contributed by atoms with Gasteiger partial charge in [0.1, 0.15) is 5.82 Å². The predicted molar refractivity (Wildman–Crippen MR) is 74.3 cm³/mol. The van der Waals surface area contributed by atoms with Crippen LogP contribution in [0.5, 0.6) is 0 Å². The van der Waals surface area contributed by atoms with Gasteiger partial charge in [-0.1, -0.05) is 32.9 Å². The molecule has 1 aromatic rings. The quantitative estimate of drug-likeness (QED) is 0.742. The topological polar surface area (TPSA) is 52.5 Å². The molecule has 3 N–H and O–H groups in total. The van der Waals surface area contributed by atoms with E-state index in [-0.39, 0.29) is 11.2 Å². The van der Waals surface area contributed by atoms with Crippen molar-refractivity contribution in [2.45, 2.75) is 39.4 Å². The van der Waals surface area contributed by atoms with Crippen LogP contribution in [0.4, 0.5) is 4.39 Å². The summed E-state index contributed by atoms with van der Waals surface area (Å²) < 4.78 is 13.0. The molecule has 108 valence electrons. The third-order valence-corrected chi connectivity index (χ3v) is 2.80. The first kappa shape index (κ1) is 16.1. The molecule has 3 nitrogen and oxygen atoms in total. The minimum Gasteiger partial charge on any atom is -0.392 e. The average molecular weight is 269 g/mol. The normalized spacial score (nSPS) is 15.3. The summed E-state index contributed by atoms with van der Waals surface area (Å²) in [5, 5.41) is 22.7. The average Bonchev–Trinajstić information content (AvgIpc) is 2.26. The first-order chi connectivity index (χ1) is 8.78. The highest BCUT2D eigenvalue weighted by Gasteiger charge is 2.16.